The lowest BCUT2D eigenvalue weighted by Crippen LogP contribution is -2.21. The van der Waals surface area contributed by atoms with Gasteiger partial charge < -0.3 is 14.2 Å². The summed E-state index contributed by atoms with van der Waals surface area (Å²) < 4.78 is 17.0. The Morgan fingerprint density at radius 1 is 1.00 bits per heavy atom. The molecule has 0 unspecified atom stereocenters. The maximum atomic E-state index is 6.22. The molecule has 3 rings (SSSR count). The minimum atomic E-state index is -0.172. The van der Waals surface area contributed by atoms with Gasteiger partial charge in [0.1, 0.15) is 19.0 Å². The summed E-state index contributed by atoms with van der Waals surface area (Å²) in [6.07, 6.45) is -0.303. The molecule has 1 fully saturated rings. The van der Waals surface area contributed by atoms with E-state index in [2.05, 4.69) is 0 Å². The third-order valence-corrected chi connectivity index (χ3v) is 3.82. The summed E-state index contributed by atoms with van der Waals surface area (Å²) in [5, 5.41) is 0.695. The summed E-state index contributed by atoms with van der Waals surface area (Å²) in [5.74, 6) is 0. The van der Waals surface area contributed by atoms with E-state index in [1.165, 1.54) is 0 Å². The molecule has 0 N–H and O–H groups in total. The van der Waals surface area contributed by atoms with Crippen LogP contribution in [0.15, 0.2) is 54.6 Å². The van der Waals surface area contributed by atoms with Crippen molar-refractivity contribution in [1.29, 1.82) is 0 Å². The predicted molar refractivity (Wildman–Crippen MR) is 81.1 cm³/mol. The number of rotatable bonds is 5. The Bertz CT molecular complexity index is 573. The van der Waals surface area contributed by atoms with Crippen molar-refractivity contribution in [3.8, 4) is 0 Å². The molecule has 2 aromatic rings. The maximum absolute atomic E-state index is 6.22. The molecule has 3 nitrogen and oxygen atoms in total. The Hall–Kier alpha value is -1.39. The lowest BCUT2D eigenvalue weighted by Gasteiger charge is -2.18. The van der Waals surface area contributed by atoms with Crippen LogP contribution in [-0.4, -0.2) is 19.5 Å². The molecule has 0 radical (unpaired) electrons. The van der Waals surface area contributed by atoms with Gasteiger partial charge in [-0.05, 0) is 11.6 Å². The Kier molecular flexibility index (Phi) is 4.88. The summed E-state index contributed by atoms with van der Waals surface area (Å²) in [7, 11) is 0. The summed E-state index contributed by atoms with van der Waals surface area (Å²) in [6.45, 7) is 1.32. The molecule has 1 aliphatic rings. The zero-order valence-corrected chi connectivity index (χ0v) is 12.3. The lowest BCUT2D eigenvalue weighted by molar-refractivity contribution is -0.000122. The number of benzene rings is 2. The van der Waals surface area contributed by atoms with Crippen LogP contribution in [0, 0.1) is 0 Å². The van der Waals surface area contributed by atoms with E-state index in [1.54, 1.807) is 0 Å². The third-order valence-electron chi connectivity index (χ3n) is 3.47. The Labute approximate surface area is 129 Å². The molecule has 21 heavy (non-hydrogen) atoms. The molecule has 2 aromatic carbocycles. The van der Waals surface area contributed by atoms with E-state index < -0.39 is 0 Å². The van der Waals surface area contributed by atoms with Crippen LogP contribution >= 0.6 is 11.6 Å². The Balaban J connectivity index is 1.59. The van der Waals surface area contributed by atoms with Crippen LogP contribution < -0.4 is 0 Å². The molecule has 1 saturated heterocycles. The molecule has 0 saturated carbocycles. The van der Waals surface area contributed by atoms with Crippen LogP contribution in [0.5, 0.6) is 0 Å². The lowest BCUT2D eigenvalue weighted by atomic mass is 10.1. The van der Waals surface area contributed by atoms with Gasteiger partial charge in [-0.15, -0.1) is 0 Å². The summed E-state index contributed by atoms with van der Waals surface area (Å²) >= 11 is 6.22. The second-order valence-corrected chi connectivity index (χ2v) is 5.34. The predicted octanol–water partition coefficient (Wildman–Crippen LogP) is 3.97. The second kappa shape index (κ2) is 7.05. The van der Waals surface area contributed by atoms with Crippen LogP contribution in [0.4, 0.5) is 0 Å². The molecule has 4 heteroatoms. The van der Waals surface area contributed by atoms with E-state index in [1.807, 2.05) is 54.6 Å². The topological polar surface area (TPSA) is 27.7 Å². The smallest absolute Gasteiger partial charge is 0.148 e. The van der Waals surface area contributed by atoms with Crippen molar-refractivity contribution < 1.29 is 14.2 Å². The van der Waals surface area contributed by atoms with Gasteiger partial charge in [0, 0.05) is 10.6 Å². The maximum Gasteiger partial charge on any atom is 0.148 e. The highest BCUT2D eigenvalue weighted by Gasteiger charge is 2.32. The van der Waals surface area contributed by atoms with E-state index in [-0.39, 0.29) is 19.0 Å². The Morgan fingerprint density at radius 3 is 2.57 bits per heavy atom. The number of hydrogen-bond acceptors (Lipinski definition) is 3. The van der Waals surface area contributed by atoms with Gasteiger partial charge >= 0.3 is 0 Å². The van der Waals surface area contributed by atoms with E-state index in [9.17, 15) is 0 Å². The Morgan fingerprint density at radius 2 is 1.76 bits per heavy atom. The fourth-order valence-corrected chi connectivity index (χ4v) is 2.64. The highest BCUT2D eigenvalue weighted by Crippen LogP contribution is 2.33. The summed E-state index contributed by atoms with van der Waals surface area (Å²) in [4.78, 5) is 0. The van der Waals surface area contributed by atoms with Crippen molar-refractivity contribution in [2.45, 2.75) is 18.8 Å². The fourth-order valence-electron chi connectivity index (χ4n) is 2.39. The highest BCUT2D eigenvalue weighted by molar-refractivity contribution is 6.31. The molecular weight excluding hydrogens is 288 g/mol. The van der Waals surface area contributed by atoms with Crippen molar-refractivity contribution in [1.82, 2.24) is 0 Å². The third kappa shape index (κ3) is 3.63. The normalized spacial score (nSPS) is 21.6. The molecule has 1 aliphatic heterocycles. The van der Waals surface area contributed by atoms with Crippen molar-refractivity contribution >= 4 is 11.6 Å². The van der Waals surface area contributed by atoms with Gasteiger partial charge in [-0.2, -0.15) is 0 Å². The molecule has 1 heterocycles. The van der Waals surface area contributed by atoms with Crippen LogP contribution in [0.3, 0.4) is 0 Å². The summed E-state index contributed by atoms with van der Waals surface area (Å²) in [5.41, 5.74) is 2.09. The molecular formula is C17H17ClO3. The molecule has 0 amide bonds. The molecule has 0 bridgehead atoms. The van der Waals surface area contributed by atoms with Crippen molar-refractivity contribution in [2.24, 2.45) is 0 Å². The average Bonchev–Trinajstić information content (AvgIpc) is 2.97. The SMILES string of the molecule is Clc1ccccc1[C@@H]1OCO[C@@H]1COCc1ccccc1. The first-order valence-corrected chi connectivity index (χ1v) is 7.31. The van der Waals surface area contributed by atoms with Gasteiger partial charge in [-0.25, -0.2) is 0 Å². The van der Waals surface area contributed by atoms with Gasteiger partial charge in [0.2, 0.25) is 0 Å². The van der Waals surface area contributed by atoms with E-state index in [0.29, 0.717) is 18.2 Å². The minimum Gasteiger partial charge on any atom is -0.374 e. The first kappa shape index (κ1) is 14.5. The van der Waals surface area contributed by atoms with Gasteiger partial charge in [-0.3, -0.25) is 0 Å². The molecule has 2 atom stereocenters. The fraction of sp³-hybridized carbons (Fsp3) is 0.294. The highest BCUT2D eigenvalue weighted by atomic mass is 35.5. The van der Waals surface area contributed by atoms with E-state index in [4.69, 9.17) is 25.8 Å². The largest absolute Gasteiger partial charge is 0.374 e. The van der Waals surface area contributed by atoms with Crippen molar-refractivity contribution in [2.75, 3.05) is 13.4 Å². The minimum absolute atomic E-state index is 0.131. The van der Waals surface area contributed by atoms with E-state index >= 15 is 0 Å². The van der Waals surface area contributed by atoms with Crippen LogP contribution in [-0.2, 0) is 20.8 Å². The average molecular weight is 305 g/mol. The molecule has 0 aliphatic carbocycles. The quantitative estimate of drug-likeness (QED) is 0.836. The standard InChI is InChI=1S/C17H17ClO3/c18-15-9-5-4-8-14(15)17-16(20-12-21-17)11-19-10-13-6-2-1-3-7-13/h1-9,16-17H,10-12H2/t16-,17+/m1/s1. The number of halogens is 1. The molecule has 110 valence electrons. The summed E-state index contributed by atoms with van der Waals surface area (Å²) in [6, 6.07) is 17.8. The molecule has 0 aromatic heterocycles. The number of hydrogen-bond donors (Lipinski definition) is 0. The van der Waals surface area contributed by atoms with Crippen molar-refractivity contribution in [3.05, 3.63) is 70.7 Å². The van der Waals surface area contributed by atoms with Gasteiger partial charge in [-0.1, -0.05) is 60.1 Å². The van der Waals surface area contributed by atoms with Gasteiger partial charge in [0.15, 0.2) is 0 Å². The van der Waals surface area contributed by atoms with E-state index in [0.717, 1.165) is 11.1 Å². The monoisotopic (exact) mass is 304 g/mol. The zero-order valence-electron chi connectivity index (χ0n) is 11.6. The first-order valence-electron chi connectivity index (χ1n) is 6.94. The molecule has 0 spiro atoms. The first-order chi connectivity index (χ1) is 10.3. The van der Waals surface area contributed by atoms with Crippen LogP contribution in [0.2, 0.25) is 5.02 Å². The van der Waals surface area contributed by atoms with Crippen molar-refractivity contribution in [3.63, 3.8) is 0 Å². The van der Waals surface area contributed by atoms with Gasteiger partial charge in [0.05, 0.1) is 13.2 Å². The second-order valence-electron chi connectivity index (χ2n) is 4.93. The van der Waals surface area contributed by atoms with Gasteiger partial charge in [0.25, 0.3) is 0 Å². The van der Waals surface area contributed by atoms with Crippen LogP contribution in [0.25, 0.3) is 0 Å². The number of ether oxygens (including phenoxy) is 3. The zero-order chi connectivity index (χ0) is 14.5. The van der Waals surface area contributed by atoms with Crippen LogP contribution in [0.1, 0.15) is 17.2 Å².